The summed E-state index contributed by atoms with van der Waals surface area (Å²) < 4.78 is 7.69. The van der Waals surface area contributed by atoms with Gasteiger partial charge >= 0.3 is 5.97 Å². The number of amides is 1. The molecule has 134 valence electrons. The molecule has 1 heterocycles. The van der Waals surface area contributed by atoms with E-state index in [2.05, 4.69) is 4.99 Å². The molecule has 0 radical (unpaired) electrons. The lowest BCUT2D eigenvalue weighted by atomic mass is 10.1. The lowest BCUT2D eigenvalue weighted by Gasteiger charge is -2.05. The van der Waals surface area contributed by atoms with Gasteiger partial charge < -0.3 is 9.30 Å². The number of rotatable bonds is 5. The van der Waals surface area contributed by atoms with Crippen molar-refractivity contribution < 1.29 is 14.3 Å². The number of carbonyl (C=O) groups is 2. The Labute approximate surface area is 159 Å². The number of aromatic nitrogens is 1. The zero-order valence-corrected chi connectivity index (χ0v) is 15.7. The van der Waals surface area contributed by atoms with E-state index >= 15 is 0 Å². The van der Waals surface area contributed by atoms with Gasteiger partial charge in [-0.1, -0.05) is 53.3 Å². The molecule has 0 N–H and O–H groups in total. The van der Waals surface area contributed by atoms with Gasteiger partial charge in [0.2, 0.25) is 0 Å². The minimum Gasteiger partial charge on any atom is -0.465 e. The number of thiazole rings is 1. The van der Waals surface area contributed by atoms with Gasteiger partial charge in [-0.2, -0.15) is 4.99 Å². The number of ether oxygens (including phenoxy) is 1. The molecule has 0 unspecified atom stereocenters. The van der Waals surface area contributed by atoms with Crippen LogP contribution in [-0.4, -0.2) is 23.1 Å². The molecule has 0 saturated heterocycles. The van der Waals surface area contributed by atoms with Crippen molar-refractivity contribution in [1.29, 1.82) is 0 Å². The quantitative estimate of drug-likeness (QED) is 0.627. The number of halogens is 1. The van der Waals surface area contributed by atoms with Crippen LogP contribution in [0.15, 0.2) is 53.5 Å². The van der Waals surface area contributed by atoms with E-state index in [4.69, 9.17) is 16.3 Å². The molecule has 3 aromatic rings. The van der Waals surface area contributed by atoms with Crippen LogP contribution in [0.2, 0.25) is 5.02 Å². The van der Waals surface area contributed by atoms with Crippen molar-refractivity contribution in [3.05, 3.63) is 63.9 Å². The Bertz CT molecular complexity index is 1020. The van der Waals surface area contributed by atoms with Gasteiger partial charge in [0.25, 0.3) is 5.91 Å². The highest BCUT2D eigenvalue weighted by Gasteiger charge is 2.12. The van der Waals surface area contributed by atoms with Crippen molar-refractivity contribution in [3.8, 4) is 0 Å². The topological polar surface area (TPSA) is 60.7 Å². The van der Waals surface area contributed by atoms with Crippen molar-refractivity contribution in [2.45, 2.75) is 19.9 Å². The van der Waals surface area contributed by atoms with Crippen molar-refractivity contribution >= 4 is 45.0 Å². The van der Waals surface area contributed by atoms with Gasteiger partial charge in [-0.3, -0.25) is 9.59 Å². The number of carbonyl (C=O) groups excluding carboxylic acids is 2. The van der Waals surface area contributed by atoms with Crippen molar-refractivity contribution in [2.75, 3.05) is 6.61 Å². The first-order valence-corrected chi connectivity index (χ1v) is 9.33. The highest BCUT2D eigenvalue weighted by Crippen LogP contribution is 2.18. The third-order valence-corrected chi connectivity index (χ3v) is 5.13. The second kappa shape index (κ2) is 8.29. The molecular formula is C19H17ClN2O3S. The average molecular weight is 389 g/mol. The molecule has 0 fully saturated rings. The third kappa shape index (κ3) is 4.20. The smallest absolute Gasteiger partial charge is 0.326 e. The van der Waals surface area contributed by atoms with Gasteiger partial charge in [0.1, 0.15) is 6.54 Å². The number of hydrogen-bond donors (Lipinski definition) is 0. The molecule has 0 spiro atoms. The van der Waals surface area contributed by atoms with Crippen LogP contribution in [0.5, 0.6) is 0 Å². The first-order valence-electron chi connectivity index (χ1n) is 8.13. The Balaban J connectivity index is 1.97. The predicted molar refractivity (Wildman–Crippen MR) is 102 cm³/mol. The lowest BCUT2D eigenvalue weighted by molar-refractivity contribution is -0.143. The second-order valence-corrected chi connectivity index (χ2v) is 6.93. The van der Waals surface area contributed by atoms with Crippen molar-refractivity contribution in [1.82, 2.24) is 4.57 Å². The normalized spacial score (nSPS) is 11.7. The second-order valence-electron chi connectivity index (χ2n) is 5.52. The molecule has 0 atom stereocenters. The number of para-hydroxylation sites is 1. The monoisotopic (exact) mass is 388 g/mol. The SMILES string of the molecule is CCOC(=O)Cn1c(=NC(=O)Cc2ccccc2Cl)sc2ccccc21. The highest BCUT2D eigenvalue weighted by atomic mass is 35.5. The van der Waals surface area contributed by atoms with E-state index in [9.17, 15) is 9.59 Å². The first kappa shape index (κ1) is 18.4. The summed E-state index contributed by atoms with van der Waals surface area (Å²) in [6.07, 6.45) is 0.104. The van der Waals surface area contributed by atoms with Crippen LogP contribution in [0.4, 0.5) is 0 Å². The summed E-state index contributed by atoms with van der Waals surface area (Å²) in [4.78, 5) is 29.1. The van der Waals surface area contributed by atoms with Gasteiger partial charge in [0.05, 0.1) is 23.2 Å². The van der Waals surface area contributed by atoms with Crippen LogP contribution < -0.4 is 4.80 Å². The zero-order valence-electron chi connectivity index (χ0n) is 14.1. The molecule has 0 bridgehead atoms. The van der Waals surface area contributed by atoms with E-state index in [-0.39, 0.29) is 24.8 Å². The summed E-state index contributed by atoms with van der Waals surface area (Å²) in [7, 11) is 0. The molecule has 3 rings (SSSR count). The number of benzene rings is 2. The van der Waals surface area contributed by atoms with Gasteiger partial charge in [0, 0.05) is 5.02 Å². The molecule has 7 heteroatoms. The fraction of sp³-hybridized carbons (Fsp3) is 0.211. The molecule has 2 aromatic carbocycles. The van der Waals surface area contributed by atoms with Crippen molar-refractivity contribution in [2.24, 2.45) is 4.99 Å². The fourth-order valence-corrected chi connectivity index (χ4v) is 3.79. The number of hydrogen-bond acceptors (Lipinski definition) is 4. The number of esters is 1. The summed E-state index contributed by atoms with van der Waals surface area (Å²) in [5.41, 5.74) is 1.57. The van der Waals surface area contributed by atoms with Crippen molar-refractivity contribution in [3.63, 3.8) is 0 Å². The minimum atomic E-state index is -0.365. The van der Waals surface area contributed by atoms with Crippen LogP contribution >= 0.6 is 22.9 Å². The molecule has 0 aliphatic carbocycles. The summed E-state index contributed by atoms with van der Waals surface area (Å²) >= 11 is 7.47. The summed E-state index contributed by atoms with van der Waals surface area (Å²) in [5.74, 6) is -0.682. The Morgan fingerprint density at radius 3 is 2.65 bits per heavy atom. The molecule has 0 saturated carbocycles. The third-order valence-electron chi connectivity index (χ3n) is 3.70. The van der Waals surface area contributed by atoms with Crippen LogP contribution in [0, 0.1) is 0 Å². The molecule has 1 amide bonds. The lowest BCUT2D eigenvalue weighted by Crippen LogP contribution is -2.23. The predicted octanol–water partition coefficient (Wildman–Crippen LogP) is 3.59. The van der Waals surface area contributed by atoms with E-state index < -0.39 is 0 Å². The molecule has 26 heavy (non-hydrogen) atoms. The minimum absolute atomic E-state index is 0.00998. The fourth-order valence-electron chi connectivity index (χ4n) is 2.55. The maximum Gasteiger partial charge on any atom is 0.326 e. The Morgan fingerprint density at radius 1 is 1.15 bits per heavy atom. The van der Waals surface area contributed by atoms with Crippen LogP contribution in [0.3, 0.4) is 0 Å². The van der Waals surface area contributed by atoms with E-state index in [0.29, 0.717) is 16.4 Å². The van der Waals surface area contributed by atoms with Gasteiger partial charge in [0.15, 0.2) is 4.80 Å². The summed E-state index contributed by atoms with van der Waals surface area (Å²) in [6, 6.07) is 14.8. The van der Waals surface area contributed by atoms with E-state index in [0.717, 1.165) is 15.8 Å². The molecular weight excluding hydrogens is 372 g/mol. The maximum atomic E-state index is 12.4. The Hall–Kier alpha value is -2.44. The molecule has 1 aromatic heterocycles. The highest BCUT2D eigenvalue weighted by molar-refractivity contribution is 7.16. The standard InChI is InChI=1S/C19H17ClN2O3S/c1-2-25-18(24)12-22-15-9-5-6-10-16(15)26-19(22)21-17(23)11-13-7-3-4-8-14(13)20/h3-10H,2,11-12H2,1H3. The zero-order chi connectivity index (χ0) is 18.5. The molecule has 5 nitrogen and oxygen atoms in total. The van der Waals surface area contributed by atoms with Crippen LogP contribution in [0.25, 0.3) is 10.2 Å². The number of nitrogens with zero attached hydrogens (tertiary/aromatic N) is 2. The average Bonchev–Trinajstić information content (AvgIpc) is 2.94. The van der Waals surface area contributed by atoms with Gasteiger partial charge in [-0.25, -0.2) is 0 Å². The summed E-state index contributed by atoms with van der Waals surface area (Å²) in [5, 5.41) is 0.534. The summed E-state index contributed by atoms with van der Waals surface area (Å²) in [6.45, 7) is 2.07. The van der Waals surface area contributed by atoms with Crippen LogP contribution in [0.1, 0.15) is 12.5 Å². The largest absolute Gasteiger partial charge is 0.465 e. The van der Waals surface area contributed by atoms with E-state index in [1.807, 2.05) is 36.4 Å². The van der Waals surface area contributed by atoms with Gasteiger partial charge in [-0.15, -0.1) is 0 Å². The van der Waals surface area contributed by atoms with Gasteiger partial charge in [-0.05, 0) is 30.7 Å². The van der Waals surface area contributed by atoms with E-state index in [1.165, 1.54) is 11.3 Å². The molecule has 0 aliphatic rings. The Kier molecular flexibility index (Phi) is 5.85. The maximum absolute atomic E-state index is 12.4. The molecule has 0 aliphatic heterocycles. The Morgan fingerprint density at radius 2 is 1.88 bits per heavy atom. The van der Waals surface area contributed by atoms with Crippen LogP contribution in [-0.2, 0) is 27.3 Å². The van der Waals surface area contributed by atoms with E-state index in [1.54, 1.807) is 23.6 Å². The number of fused-ring (bicyclic) bond motifs is 1. The first-order chi connectivity index (χ1) is 12.6.